The van der Waals surface area contributed by atoms with Crippen LogP contribution in [0.25, 0.3) is 0 Å². The topological polar surface area (TPSA) is 43.9 Å². The molecule has 3 atom stereocenters. The third kappa shape index (κ3) is 4.13. The average molecular weight is 424 g/mol. The van der Waals surface area contributed by atoms with E-state index in [9.17, 15) is 9.59 Å². The number of benzene rings is 1. The Morgan fingerprint density at radius 3 is 2.45 bits per heavy atom. The zero-order chi connectivity index (χ0) is 21.5. The number of amides is 2. The molecule has 31 heavy (non-hydrogen) atoms. The molecular weight excluding hydrogens is 386 g/mol. The molecule has 0 spiro atoms. The van der Waals surface area contributed by atoms with Crippen molar-refractivity contribution in [1.82, 2.24) is 14.7 Å². The van der Waals surface area contributed by atoms with E-state index in [1.165, 1.54) is 18.4 Å². The van der Waals surface area contributed by atoms with E-state index in [0.29, 0.717) is 35.7 Å². The lowest BCUT2D eigenvalue weighted by Gasteiger charge is -2.54. The van der Waals surface area contributed by atoms with Gasteiger partial charge in [0.1, 0.15) is 0 Å². The Bertz CT molecular complexity index is 812. The predicted molar refractivity (Wildman–Crippen MR) is 122 cm³/mol. The van der Waals surface area contributed by atoms with E-state index < -0.39 is 0 Å². The van der Waals surface area contributed by atoms with Gasteiger partial charge in [0.05, 0.1) is 0 Å². The second-order valence-corrected chi connectivity index (χ2v) is 10.6. The smallest absolute Gasteiger partial charge is 0.253 e. The van der Waals surface area contributed by atoms with Gasteiger partial charge < -0.3 is 9.80 Å². The molecule has 2 bridgehead atoms. The molecular formula is C26H37N3O2. The van der Waals surface area contributed by atoms with Gasteiger partial charge in [-0.2, -0.15) is 0 Å². The fourth-order valence-electron chi connectivity index (χ4n) is 6.57. The monoisotopic (exact) mass is 423 g/mol. The fourth-order valence-corrected chi connectivity index (χ4v) is 6.57. The molecule has 0 aliphatic carbocycles. The molecule has 0 saturated carbocycles. The summed E-state index contributed by atoms with van der Waals surface area (Å²) < 4.78 is 0. The van der Waals surface area contributed by atoms with Gasteiger partial charge in [-0.1, -0.05) is 26.0 Å². The van der Waals surface area contributed by atoms with Crippen molar-refractivity contribution in [2.45, 2.75) is 70.4 Å². The second kappa shape index (κ2) is 8.57. The summed E-state index contributed by atoms with van der Waals surface area (Å²) in [6, 6.07) is 9.24. The first kappa shape index (κ1) is 21.0. The molecule has 0 unspecified atom stereocenters. The van der Waals surface area contributed by atoms with Crippen LogP contribution < -0.4 is 0 Å². The highest BCUT2D eigenvalue weighted by Gasteiger charge is 2.45. The Morgan fingerprint density at radius 2 is 1.74 bits per heavy atom. The van der Waals surface area contributed by atoms with Crippen LogP contribution in [0.3, 0.4) is 0 Å². The van der Waals surface area contributed by atoms with Crippen LogP contribution in [0.5, 0.6) is 0 Å². The van der Waals surface area contributed by atoms with Crippen LogP contribution in [0.2, 0.25) is 0 Å². The largest absolute Gasteiger partial charge is 0.339 e. The summed E-state index contributed by atoms with van der Waals surface area (Å²) in [5.41, 5.74) is 2.10. The number of carbonyl (C=O) groups is 2. The summed E-state index contributed by atoms with van der Waals surface area (Å²) in [6.45, 7) is 9.31. The van der Waals surface area contributed by atoms with Gasteiger partial charge in [0.2, 0.25) is 5.91 Å². The number of hydrogen-bond acceptors (Lipinski definition) is 3. The van der Waals surface area contributed by atoms with Gasteiger partial charge in [0, 0.05) is 56.8 Å². The van der Waals surface area contributed by atoms with Crippen LogP contribution in [0.1, 0.15) is 74.2 Å². The standard InChI is InChI=1S/C26H37N3O2/c1-18(2)20-6-8-21(9-7-20)26(31)27-12-10-23(11-13-27)28-15-19-14-22(17-28)24-4-3-5-25(30)29(24)16-19/h6-9,18-19,22-24H,3-5,10-17H2,1-2H3/t19-,22-,24-/m1/s1. The maximum Gasteiger partial charge on any atom is 0.253 e. The normalized spacial score (nSPS) is 29.9. The van der Waals surface area contributed by atoms with Crippen LogP contribution in [0.15, 0.2) is 24.3 Å². The number of hydrogen-bond donors (Lipinski definition) is 0. The molecule has 4 aliphatic heterocycles. The second-order valence-electron chi connectivity index (χ2n) is 10.6. The SMILES string of the molecule is CC(C)c1ccc(C(=O)N2CCC(N3C[C@H]4C[C@H](C3)[C@H]3CCCC(=O)N3C4)CC2)cc1. The molecule has 4 saturated heterocycles. The predicted octanol–water partition coefficient (Wildman–Crippen LogP) is 3.75. The number of fused-ring (bicyclic) bond motifs is 4. The van der Waals surface area contributed by atoms with E-state index in [1.807, 2.05) is 17.0 Å². The van der Waals surface area contributed by atoms with Gasteiger partial charge >= 0.3 is 0 Å². The fraction of sp³-hybridized carbons (Fsp3) is 0.692. The number of likely N-dealkylation sites (tertiary alicyclic amines) is 2. The van der Waals surface area contributed by atoms with Crippen LogP contribution in [-0.2, 0) is 4.79 Å². The van der Waals surface area contributed by atoms with E-state index >= 15 is 0 Å². The molecule has 4 aliphatic rings. The van der Waals surface area contributed by atoms with Gasteiger partial charge in [0.15, 0.2) is 0 Å². The van der Waals surface area contributed by atoms with Crippen molar-refractivity contribution < 1.29 is 9.59 Å². The van der Waals surface area contributed by atoms with E-state index in [2.05, 4.69) is 35.8 Å². The van der Waals surface area contributed by atoms with Crippen molar-refractivity contribution in [1.29, 1.82) is 0 Å². The van der Waals surface area contributed by atoms with Gasteiger partial charge in [-0.3, -0.25) is 14.5 Å². The Morgan fingerprint density at radius 1 is 1.00 bits per heavy atom. The summed E-state index contributed by atoms with van der Waals surface area (Å²) in [5.74, 6) is 2.35. The number of rotatable bonds is 3. The molecule has 0 N–H and O–H groups in total. The quantitative estimate of drug-likeness (QED) is 0.744. The Hall–Kier alpha value is -1.88. The molecule has 0 aromatic heterocycles. The summed E-state index contributed by atoms with van der Waals surface area (Å²) in [6.07, 6.45) is 6.46. The minimum absolute atomic E-state index is 0.181. The molecule has 4 fully saturated rings. The number of nitrogens with zero attached hydrogens (tertiary/aromatic N) is 3. The van der Waals surface area contributed by atoms with Crippen molar-refractivity contribution in [3.8, 4) is 0 Å². The molecule has 5 rings (SSSR count). The summed E-state index contributed by atoms with van der Waals surface area (Å²) in [5, 5.41) is 0. The van der Waals surface area contributed by atoms with Crippen LogP contribution >= 0.6 is 0 Å². The molecule has 5 heteroatoms. The first-order valence-electron chi connectivity index (χ1n) is 12.4. The lowest BCUT2D eigenvalue weighted by Crippen LogP contribution is -2.62. The average Bonchev–Trinajstić information content (AvgIpc) is 2.79. The molecule has 4 heterocycles. The van der Waals surface area contributed by atoms with E-state index in [1.54, 1.807) is 0 Å². The summed E-state index contributed by atoms with van der Waals surface area (Å²) in [4.78, 5) is 32.4. The van der Waals surface area contributed by atoms with Crippen LogP contribution in [-0.4, -0.2) is 71.3 Å². The zero-order valence-electron chi connectivity index (χ0n) is 19.1. The molecule has 168 valence electrons. The number of piperidine rings is 4. The highest BCUT2D eigenvalue weighted by atomic mass is 16.2. The van der Waals surface area contributed by atoms with Gasteiger partial charge in [-0.25, -0.2) is 0 Å². The van der Waals surface area contributed by atoms with E-state index in [-0.39, 0.29) is 5.91 Å². The Kier molecular flexibility index (Phi) is 5.80. The summed E-state index contributed by atoms with van der Waals surface area (Å²) in [7, 11) is 0. The Labute approximate surface area is 186 Å². The summed E-state index contributed by atoms with van der Waals surface area (Å²) >= 11 is 0. The maximum absolute atomic E-state index is 13.0. The highest BCUT2D eigenvalue weighted by molar-refractivity contribution is 5.94. The van der Waals surface area contributed by atoms with Crippen molar-refractivity contribution in [2.24, 2.45) is 11.8 Å². The molecule has 2 amide bonds. The van der Waals surface area contributed by atoms with E-state index in [0.717, 1.165) is 64.0 Å². The first-order valence-corrected chi connectivity index (χ1v) is 12.4. The molecule has 1 aromatic rings. The number of carbonyl (C=O) groups excluding carboxylic acids is 2. The third-order valence-corrected chi connectivity index (χ3v) is 8.30. The van der Waals surface area contributed by atoms with Gasteiger partial charge in [-0.05, 0) is 67.6 Å². The minimum Gasteiger partial charge on any atom is -0.339 e. The van der Waals surface area contributed by atoms with Crippen molar-refractivity contribution in [3.63, 3.8) is 0 Å². The van der Waals surface area contributed by atoms with Crippen LogP contribution in [0, 0.1) is 11.8 Å². The van der Waals surface area contributed by atoms with E-state index in [4.69, 9.17) is 0 Å². The molecule has 1 aromatic carbocycles. The lowest BCUT2D eigenvalue weighted by molar-refractivity contribution is -0.145. The highest BCUT2D eigenvalue weighted by Crippen LogP contribution is 2.39. The Balaban J connectivity index is 1.17. The van der Waals surface area contributed by atoms with Gasteiger partial charge in [0.25, 0.3) is 5.91 Å². The zero-order valence-corrected chi connectivity index (χ0v) is 19.1. The minimum atomic E-state index is 0.181. The molecule has 0 radical (unpaired) electrons. The van der Waals surface area contributed by atoms with Gasteiger partial charge in [-0.15, -0.1) is 0 Å². The van der Waals surface area contributed by atoms with Crippen molar-refractivity contribution in [3.05, 3.63) is 35.4 Å². The third-order valence-electron chi connectivity index (χ3n) is 8.30. The van der Waals surface area contributed by atoms with Crippen LogP contribution in [0.4, 0.5) is 0 Å². The maximum atomic E-state index is 13.0. The molecule has 5 nitrogen and oxygen atoms in total. The first-order chi connectivity index (χ1) is 15.0. The lowest BCUT2D eigenvalue weighted by atomic mass is 9.75. The van der Waals surface area contributed by atoms with Crippen molar-refractivity contribution in [2.75, 3.05) is 32.7 Å². The van der Waals surface area contributed by atoms with Crippen molar-refractivity contribution >= 4 is 11.8 Å².